The van der Waals surface area contributed by atoms with E-state index in [1.807, 2.05) is 0 Å². The van der Waals surface area contributed by atoms with Gasteiger partial charge < -0.3 is 14.2 Å². The van der Waals surface area contributed by atoms with Crippen LogP contribution in [0.4, 0.5) is 0 Å². The van der Waals surface area contributed by atoms with Crippen molar-refractivity contribution in [3.63, 3.8) is 0 Å². The van der Waals surface area contributed by atoms with Gasteiger partial charge in [-0.1, -0.05) is 304 Å². The molecule has 0 spiro atoms. The number of ether oxygens (including phenoxy) is 3. The van der Waals surface area contributed by atoms with Crippen LogP contribution in [0.1, 0.15) is 316 Å². The Bertz CT molecular complexity index is 1590. The quantitative estimate of drug-likeness (QED) is 0.0261. The summed E-state index contributed by atoms with van der Waals surface area (Å²) in [7, 11) is 0. The van der Waals surface area contributed by atoms with Crippen molar-refractivity contribution in [3.05, 3.63) is 109 Å². The van der Waals surface area contributed by atoms with Gasteiger partial charge in [0.25, 0.3) is 0 Å². The summed E-state index contributed by atoms with van der Waals surface area (Å²) >= 11 is 0. The van der Waals surface area contributed by atoms with Gasteiger partial charge in [0, 0.05) is 19.3 Å². The third-order valence-electron chi connectivity index (χ3n) is 14.3. The number of hydrogen-bond donors (Lipinski definition) is 0. The van der Waals surface area contributed by atoms with Gasteiger partial charge in [-0.05, 0) is 103 Å². The van der Waals surface area contributed by atoms with Crippen molar-refractivity contribution in [2.24, 2.45) is 0 Å². The monoisotopic (exact) mass is 1100 g/mol. The van der Waals surface area contributed by atoms with Crippen molar-refractivity contribution < 1.29 is 28.6 Å². The molecule has 0 aromatic heterocycles. The maximum absolute atomic E-state index is 12.9. The maximum Gasteiger partial charge on any atom is 0.306 e. The first-order valence-electron chi connectivity index (χ1n) is 33.4. The van der Waals surface area contributed by atoms with Gasteiger partial charge in [0.1, 0.15) is 13.2 Å². The molecule has 0 aliphatic rings. The van der Waals surface area contributed by atoms with Gasteiger partial charge in [0.15, 0.2) is 6.10 Å². The third kappa shape index (κ3) is 64.8. The highest BCUT2D eigenvalue weighted by atomic mass is 16.6. The summed E-state index contributed by atoms with van der Waals surface area (Å²) in [6.45, 7) is 6.42. The molecule has 0 aromatic carbocycles. The Labute approximate surface area is 489 Å². The predicted octanol–water partition coefficient (Wildman–Crippen LogP) is 23.0. The normalized spacial score (nSPS) is 12.8. The molecular weight excluding hydrogens is 973 g/mol. The molecule has 6 nitrogen and oxygen atoms in total. The number of rotatable bonds is 60. The van der Waals surface area contributed by atoms with Gasteiger partial charge in [0.05, 0.1) is 0 Å². The van der Waals surface area contributed by atoms with E-state index in [2.05, 4.69) is 130 Å². The predicted molar refractivity (Wildman–Crippen MR) is 343 cm³/mol. The van der Waals surface area contributed by atoms with Crippen LogP contribution in [0.2, 0.25) is 0 Å². The first-order chi connectivity index (χ1) is 39.0. The van der Waals surface area contributed by atoms with E-state index < -0.39 is 6.10 Å². The molecule has 0 radical (unpaired) electrons. The van der Waals surface area contributed by atoms with Crippen LogP contribution >= 0.6 is 0 Å². The van der Waals surface area contributed by atoms with Crippen molar-refractivity contribution in [2.45, 2.75) is 322 Å². The molecule has 0 rings (SSSR count). The van der Waals surface area contributed by atoms with E-state index in [1.54, 1.807) is 0 Å². The zero-order valence-electron chi connectivity index (χ0n) is 51.9. The highest BCUT2D eigenvalue weighted by Gasteiger charge is 2.19. The lowest BCUT2D eigenvalue weighted by Crippen LogP contribution is -2.30. The molecule has 0 bridgehead atoms. The number of unbranched alkanes of at least 4 members (excludes halogenated alkanes) is 31. The first kappa shape index (κ1) is 75.1. The Kier molecular flexibility index (Phi) is 63.3. The lowest BCUT2D eigenvalue weighted by atomic mass is 10.0. The zero-order chi connectivity index (χ0) is 57.1. The Morgan fingerprint density at radius 3 is 0.772 bits per heavy atom. The number of carbonyl (C=O) groups is 3. The Hall–Kier alpha value is -3.93. The van der Waals surface area contributed by atoms with E-state index in [-0.39, 0.29) is 31.1 Å². The van der Waals surface area contributed by atoms with Gasteiger partial charge in [-0.3, -0.25) is 14.4 Å². The highest BCUT2D eigenvalue weighted by molar-refractivity contribution is 5.71. The van der Waals surface area contributed by atoms with Crippen molar-refractivity contribution >= 4 is 17.9 Å². The molecule has 0 amide bonds. The zero-order valence-corrected chi connectivity index (χ0v) is 51.9. The van der Waals surface area contributed by atoms with Gasteiger partial charge in [0.2, 0.25) is 0 Å². The molecular formula is C73H124O6. The summed E-state index contributed by atoms with van der Waals surface area (Å²) < 4.78 is 16.9. The second kappa shape index (κ2) is 66.6. The molecule has 1 unspecified atom stereocenters. The van der Waals surface area contributed by atoms with Crippen LogP contribution in [-0.2, 0) is 28.6 Å². The fourth-order valence-corrected chi connectivity index (χ4v) is 9.35. The fraction of sp³-hybridized carbons (Fsp3) is 0.712. The maximum atomic E-state index is 12.9. The Morgan fingerprint density at radius 1 is 0.266 bits per heavy atom. The van der Waals surface area contributed by atoms with E-state index in [4.69, 9.17) is 14.2 Å². The van der Waals surface area contributed by atoms with Gasteiger partial charge in [-0.2, -0.15) is 0 Å². The second-order valence-corrected chi connectivity index (χ2v) is 22.0. The van der Waals surface area contributed by atoms with Crippen molar-refractivity contribution in [1.29, 1.82) is 0 Å². The van der Waals surface area contributed by atoms with E-state index in [1.165, 1.54) is 161 Å². The molecule has 0 saturated heterocycles. The topological polar surface area (TPSA) is 78.9 Å². The van der Waals surface area contributed by atoms with Crippen LogP contribution < -0.4 is 0 Å². The summed E-state index contributed by atoms with van der Waals surface area (Å²) in [5.74, 6) is -0.875. The smallest absolute Gasteiger partial charge is 0.306 e. The summed E-state index contributed by atoms with van der Waals surface area (Å²) in [6.07, 6.45) is 91.1. The standard InChI is InChI=1S/C73H124O6/c1-4-7-10-13-16-19-21-23-25-27-29-31-33-34-35-36-37-38-40-41-43-45-47-49-51-54-57-60-63-66-72(75)78-69-70(68-77-71(74)65-62-59-56-53-18-15-12-9-6-3)79-73(76)67-64-61-58-55-52-50-48-46-44-42-39-32-30-28-26-24-22-20-17-14-11-8-5-2/h7-8,10-11,16-17,19-20,23-26,29-32,34-35,70H,4-6,9,12-15,18,21-22,27-28,33,36-69H2,1-3H3/b10-7-,11-8-,19-16-,20-17-,25-23-,26-24-,31-29-,32-30-,35-34-. The molecule has 452 valence electrons. The largest absolute Gasteiger partial charge is 0.462 e. The average Bonchev–Trinajstić information content (AvgIpc) is 3.45. The SMILES string of the molecule is CC/C=C\C/C=C\C/C=C\C/C=C\C/C=C\CCCCCCCCCCCCCCCC(=O)OCC(COC(=O)CCCCCCCCCCC)OC(=O)CCCCCCCCCCCC/C=C\C/C=C\C/C=C\C/C=C\CC. The van der Waals surface area contributed by atoms with E-state index in [0.29, 0.717) is 19.3 Å². The molecule has 6 heteroatoms. The fourth-order valence-electron chi connectivity index (χ4n) is 9.35. The average molecular weight is 1100 g/mol. The van der Waals surface area contributed by atoms with Crippen LogP contribution in [0.3, 0.4) is 0 Å². The summed E-state index contributed by atoms with van der Waals surface area (Å²) in [4.78, 5) is 38.3. The molecule has 0 fully saturated rings. The van der Waals surface area contributed by atoms with E-state index >= 15 is 0 Å². The molecule has 0 N–H and O–H groups in total. The van der Waals surface area contributed by atoms with Gasteiger partial charge in [-0.25, -0.2) is 0 Å². The van der Waals surface area contributed by atoms with Gasteiger partial charge in [-0.15, -0.1) is 0 Å². The van der Waals surface area contributed by atoms with Crippen LogP contribution in [0, 0.1) is 0 Å². The summed E-state index contributed by atoms with van der Waals surface area (Å²) in [5, 5.41) is 0. The first-order valence-corrected chi connectivity index (χ1v) is 33.4. The molecule has 79 heavy (non-hydrogen) atoms. The Morgan fingerprint density at radius 2 is 0.494 bits per heavy atom. The van der Waals surface area contributed by atoms with Crippen molar-refractivity contribution in [2.75, 3.05) is 13.2 Å². The lowest BCUT2D eigenvalue weighted by Gasteiger charge is -2.18. The molecule has 0 aliphatic carbocycles. The minimum atomic E-state index is -0.780. The number of esters is 3. The van der Waals surface area contributed by atoms with Gasteiger partial charge >= 0.3 is 17.9 Å². The van der Waals surface area contributed by atoms with Crippen LogP contribution in [0.25, 0.3) is 0 Å². The summed E-state index contributed by atoms with van der Waals surface area (Å²) in [6, 6.07) is 0. The number of allylic oxidation sites excluding steroid dienone is 18. The molecule has 0 saturated carbocycles. The molecule has 0 aromatic rings. The third-order valence-corrected chi connectivity index (χ3v) is 14.3. The molecule has 0 heterocycles. The molecule has 0 aliphatic heterocycles. The van der Waals surface area contributed by atoms with Crippen molar-refractivity contribution in [1.82, 2.24) is 0 Å². The number of hydrogen-bond acceptors (Lipinski definition) is 6. The van der Waals surface area contributed by atoms with Crippen LogP contribution in [0.15, 0.2) is 109 Å². The summed E-state index contributed by atoms with van der Waals surface area (Å²) in [5.41, 5.74) is 0. The van der Waals surface area contributed by atoms with Crippen LogP contribution in [-0.4, -0.2) is 37.2 Å². The highest BCUT2D eigenvalue weighted by Crippen LogP contribution is 2.17. The Balaban J connectivity index is 4.18. The lowest BCUT2D eigenvalue weighted by molar-refractivity contribution is -0.167. The van der Waals surface area contributed by atoms with E-state index in [0.717, 1.165) is 116 Å². The minimum Gasteiger partial charge on any atom is -0.462 e. The molecule has 1 atom stereocenters. The van der Waals surface area contributed by atoms with Crippen LogP contribution in [0.5, 0.6) is 0 Å². The van der Waals surface area contributed by atoms with E-state index in [9.17, 15) is 14.4 Å². The number of carbonyl (C=O) groups excluding carboxylic acids is 3. The second-order valence-electron chi connectivity index (χ2n) is 22.0. The van der Waals surface area contributed by atoms with Crippen molar-refractivity contribution in [3.8, 4) is 0 Å². The minimum absolute atomic E-state index is 0.0772.